The first kappa shape index (κ1) is 14.8. The van der Waals surface area contributed by atoms with Gasteiger partial charge in [0.15, 0.2) is 0 Å². The lowest BCUT2D eigenvalue weighted by atomic mass is 9.82. The fraction of sp³-hybridized carbons (Fsp3) is 0.833. The van der Waals surface area contributed by atoms with E-state index in [1.807, 2.05) is 0 Å². The summed E-state index contributed by atoms with van der Waals surface area (Å²) in [5, 5.41) is 20.7. The minimum absolute atomic E-state index is 0.162. The van der Waals surface area contributed by atoms with Gasteiger partial charge in [0.05, 0.1) is 6.10 Å². The van der Waals surface area contributed by atoms with Gasteiger partial charge in [0.25, 0.3) is 0 Å². The van der Waals surface area contributed by atoms with E-state index >= 15 is 0 Å². The molecule has 0 aromatic heterocycles. The first-order valence-corrected chi connectivity index (χ1v) is 6.23. The summed E-state index contributed by atoms with van der Waals surface area (Å²) in [7, 11) is 1.64. The zero-order valence-electron chi connectivity index (χ0n) is 11.1. The van der Waals surface area contributed by atoms with Gasteiger partial charge in [0, 0.05) is 13.6 Å². The Labute approximate surface area is 107 Å². The van der Waals surface area contributed by atoms with Crippen molar-refractivity contribution in [1.29, 1.82) is 0 Å². The number of carbonyl (C=O) groups excluding carboxylic acids is 1. The predicted octanol–water partition coefficient (Wildman–Crippen LogP) is 0.508. The number of carboxylic acid groups (broad SMARTS) is 1. The van der Waals surface area contributed by atoms with E-state index in [2.05, 4.69) is 5.32 Å². The topological polar surface area (TPSA) is 89.9 Å². The molecule has 0 saturated heterocycles. The Bertz CT molecular complexity index is 313. The minimum Gasteiger partial charge on any atom is -0.480 e. The molecule has 1 unspecified atom stereocenters. The number of urea groups is 1. The van der Waals surface area contributed by atoms with Crippen molar-refractivity contribution in [2.75, 3.05) is 13.6 Å². The maximum absolute atomic E-state index is 11.8. The number of nitrogens with zero attached hydrogens (tertiary/aromatic N) is 1. The van der Waals surface area contributed by atoms with Crippen molar-refractivity contribution in [3.05, 3.63) is 0 Å². The van der Waals surface area contributed by atoms with Gasteiger partial charge in [0.2, 0.25) is 0 Å². The molecule has 0 aromatic carbocycles. The average molecular weight is 258 g/mol. The van der Waals surface area contributed by atoms with Crippen LogP contribution in [0.25, 0.3) is 0 Å². The number of amides is 2. The van der Waals surface area contributed by atoms with Gasteiger partial charge in [-0.2, -0.15) is 0 Å². The number of aliphatic hydroxyl groups is 1. The van der Waals surface area contributed by atoms with Crippen LogP contribution in [0.15, 0.2) is 0 Å². The third-order valence-corrected chi connectivity index (χ3v) is 3.30. The zero-order chi connectivity index (χ0) is 13.9. The van der Waals surface area contributed by atoms with Crippen molar-refractivity contribution in [1.82, 2.24) is 10.2 Å². The fourth-order valence-electron chi connectivity index (χ4n) is 2.08. The number of aliphatic carboxylic acids is 1. The van der Waals surface area contributed by atoms with Crippen LogP contribution < -0.4 is 5.32 Å². The number of hydrogen-bond donors (Lipinski definition) is 3. The highest BCUT2D eigenvalue weighted by molar-refractivity contribution is 5.82. The molecule has 2 amide bonds. The van der Waals surface area contributed by atoms with E-state index in [9.17, 15) is 9.59 Å². The van der Waals surface area contributed by atoms with Gasteiger partial charge < -0.3 is 20.4 Å². The summed E-state index contributed by atoms with van der Waals surface area (Å²) in [4.78, 5) is 24.3. The van der Waals surface area contributed by atoms with Crippen LogP contribution >= 0.6 is 0 Å². The van der Waals surface area contributed by atoms with Crippen molar-refractivity contribution in [2.45, 2.75) is 38.8 Å². The number of carboxylic acids is 1. The Balaban J connectivity index is 2.40. The molecule has 0 heterocycles. The lowest BCUT2D eigenvalue weighted by molar-refractivity contribution is -0.140. The Hall–Kier alpha value is -1.30. The highest BCUT2D eigenvalue weighted by Crippen LogP contribution is 2.27. The number of carbonyl (C=O) groups is 2. The third-order valence-electron chi connectivity index (χ3n) is 3.30. The van der Waals surface area contributed by atoms with Crippen LogP contribution in [-0.2, 0) is 4.79 Å². The van der Waals surface area contributed by atoms with Gasteiger partial charge >= 0.3 is 12.0 Å². The Kier molecular flexibility index (Phi) is 4.95. The van der Waals surface area contributed by atoms with Crippen molar-refractivity contribution >= 4 is 12.0 Å². The molecule has 6 heteroatoms. The van der Waals surface area contributed by atoms with Crippen molar-refractivity contribution in [3.8, 4) is 0 Å². The normalized spacial score (nSPS) is 24.3. The molecule has 1 saturated carbocycles. The molecule has 0 aromatic rings. The van der Waals surface area contributed by atoms with Gasteiger partial charge in [0.1, 0.15) is 6.04 Å². The zero-order valence-corrected chi connectivity index (χ0v) is 11.1. The molecule has 1 atom stereocenters. The van der Waals surface area contributed by atoms with E-state index in [1.165, 1.54) is 4.90 Å². The van der Waals surface area contributed by atoms with Crippen molar-refractivity contribution in [2.24, 2.45) is 11.8 Å². The lowest BCUT2D eigenvalue weighted by Gasteiger charge is -2.34. The molecular formula is C12H22N2O4. The Morgan fingerprint density at radius 3 is 2.33 bits per heavy atom. The van der Waals surface area contributed by atoms with Crippen molar-refractivity contribution in [3.63, 3.8) is 0 Å². The van der Waals surface area contributed by atoms with Gasteiger partial charge in [-0.1, -0.05) is 13.8 Å². The third kappa shape index (κ3) is 3.87. The summed E-state index contributed by atoms with van der Waals surface area (Å²) in [5.41, 5.74) is 0. The second-order valence-corrected chi connectivity index (χ2v) is 5.38. The van der Waals surface area contributed by atoms with Gasteiger partial charge in [-0.3, -0.25) is 0 Å². The second-order valence-electron chi connectivity index (χ2n) is 5.38. The SMILES string of the molecule is CC(C)C(NC(=O)N(C)CC1CC(O)C1)C(=O)O. The van der Waals surface area contributed by atoms with Crippen molar-refractivity contribution < 1.29 is 19.8 Å². The fourth-order valence-corrected chi connectivity index (χ4v) is 2.08. The summed E-state index contributed by atoms with van der Waals surface area (Å²) in [6.45, 7) is 4.05. The molecule has 1 rings (SSSR count). The first-order chi connectivity index (χ1) is 8.31. The van der Waals surface area contributed by atoms with Crippen LogP contribution in [0.3, 0.4) is 0 Å². The van der Waals surface area contributed by atoms with Gasteiger partial charge in [-0.25, -0.2) is 9.59 Å². The molecule has 1 fully saturated rings. The average Bonchev–Trinajstić information content (AvgIpc) is 2.22. The molecule has 0 aliphatic heterocycles. The molecule has 0 radical (unpaired) electrons. The molecule has 0 spiro atoms. The monoisotopic (exact) mass is 258 g/mol. The molecule has 18 heavy (non-hydrogen) atoms. The van der Waals surface area contributed by atoms with Crippen LogP contribution in [-0.4, -0.2) is 52.9 Å². The van der Waals surface area contributed by atoms with E-state index in [0.717, 1.165) is 0 Å². The molecule has 3 N–H and O–H groups in total. The molecule has 104 valence electrons. The molecule has 1 aliphatic rings. The Morgan fingerprint density at radius 1 is 1.39 bits per heavy atom. The lowest BCUT2D eigenvalue weighted by Crippen LogP contribution is -2.50. The van der Waals surface area contributed by atoms with E-state index in [4.69, 9.17) is 10.2 Å². The molecular weight excluding hydrogens is 236 g/mol. The summed E-state index contributed by atoms with van der Waals surface area (Å²) < 4.78 is 0. The van der Waals surface area contributed by atoms with Crippen LogP contribution in [0.4, 0.5) is 4.79 Å². The largest absolute Gasteiger partial charge is 0.480 e. The second kappa shape index (κ2) is 6.04. The van der Waals surface area contributed by atoms with E-state index in [1.54, 1.807) is 20.9 Å². The predicted molar refractivity (Wildman–Crippen MR) is 66.2 cm³/mol. The number of hydrogen-bond acceptors (Lipinski definition) is 3. The molecule has 0 bridgehead atoms. The van der Waals surface area contributed by atoms with Gasteiger partial charge in [-0.15, -0.1) is 0 Å². The van der Waals surface area contributed by atoms with Crippen LogP contribution in [0, 0.1) is 11.8 Å². The maximum Gasteiger partial charge on any atom is 0.326 e. The quantitative estimate of drug-likeness (QED) is 0.670. The summed E-state index contributed by atoms with van der Waals surface area (Å²) in [6, 6.07) is -1.25. The smallest absolute Gasteiger partial charge is 0.326 e. The van der Waals surface area contributed by atoms with Crippen LogP contribution in [0.1, 0.15) is 26.7 Å². The molecule has 1 aliphatic carbocycles. The Morgan fingerprint density at radius 2 is 1.94 bits per heavy atom. The number of nitrogens with one attached hydrogen (secondary N) is 1. The summed E-state index contributed by atoms with van der Waals surface area (Å²) in [5.74, 6) is -0.866. The maximum atomic E-state index is 11.8. The van der Waals surface area contributed by atoms with Crippen LogP contribution in [0.5, 0.6) is 0 Å². The first-order valence-electron chi connectivity index (χ1n) is 6.23. The minimum atomic E-state index is -1.02. The number of aliphatic hydroxyl groups excluding tert-OH is 1. The van der Waals surface area contributed by atoms with E-state index < -0.39 is 12.0 Å². The standard InChI is InChI=1S/C12H22N2O4/c1-7(2)10(11(16)17)13-12(18)14(3)6-8-4-9(15)5-8/h7-10,15H,4-6H2,1-3H3,(H,13,18)(H,16,17). The van der Waals surface area contributed by atoms with Crippen LogP contribution in [0.2, 0.25) is 0 Å². The van der Waals surface area contributed by atoms with E-state index in [0.29, 0.717) is 25.3 Å². The number of rotatable bonds is 5. The highest BCUT2D eigenvalue weighted by Gasteiger charge is 2.30. The summed E-state index contributed by atoms with van der Waals surface area (Å²) >= 11 is 0. The van der Waals surface area contributed by atoms with Gasteiger partial charge in [-0.05, 0) is 24.7 Å². The summed E-state index contributed by atoms with van der Waals surface area (Å²) in [6.07, 6.45) is 1.18. The highest BCUT2D eigenvalue weighted by atomic mass is 16.4. The van der Waals surface area contributed by atoms with E-state index in [-0.39, 0.29) is 18.1 Å². The molecule has 6 nitrogen and oxygen atoms in total.